The SMILES string of the molecule is C=CCN1CCC[C@@H]2Cc3c(ccc(O)c3O)C[C@H]21. The van der Waals surface area contributed by atoms with Crippen molar-refractivity contribution in [1.29, 1.82) is 0 Å². The molecule has 3 rings (SSSR count). The summed E-state index contributed by atoms with van der Waals surface area (Å²) >= 11 is 0. The molecule has 0 unspecified atom stereocenters. The van der Waals surface area contributed by atoms with E-state index in [0.29, 0.717) is 12.0 Å². The van der Waals surface area contributed by atoms with E-state index in [1.54, 1.807) is 6.07 Å². The zero-order valence-corrected chi connectivity index (χ0v) is 11.2. The first-order valence-electron chi connectivity index (χ1n) is 7.08. The number of nitrogens with zero attached hydrogens (tertiary/aromatic N) is 1. The summed E-state index contributed by atoms with van der Waals surface area (Å²) in [4.78, 5) is 2.51. The van der Waals surface area contributed by atoms with Crippen molar-refractivity contribution in [1.82, 2.24) is 4.90 Å². The smallest absolute Gasteiger partial charge is 0.160 e. The van der Waals surface area contributed by atoms with E-state index < -0.39 is 0 Å². The van der Waals surface area contributed by atoms with Crippen molar-refractivity contribution in [2.45, 2.75) is 31.7 Å². The second kappa shape index (κ2) is 4.89. The quantitative estimate of drug-likeness (QED) is 0.633. The fourth-order valence-corrected chi connectivity index (χ4v) is 3.71. The molecule has 0 saturated carbocycles. The number of fused-ring (bicyclic) bond motifs is 2. The average molecular weight is 259 g/mol. The first-order valence-corrected chi connectivity index (χ1v) is 7.08. The molecule has 102 valence electrons. The van der Waals surface area contributed by atoms with Crippen molar-refractivity contribution < 1.29 is 10.2 Å². The minimum Gasteiger partial charge on any atom is -0.504 e. The number of benzene rings is 1. The van der Waals surface area contributed by atoms with Crippen LogP contribution in [-0.2, 0) is 12.8 Å². The molecule has 1 aromatic carbocycles. The molecule has 0 spiro atoms. The number of likely N-dealkylation sites (tertiary alicyclic amines) is 1. The van der Waals surface area contributed by atoms with Crippen LogP contribution in [0.15, 0.2) is 24.8 Å². The van der Waals surface area contributed by atoms with Gasteiger partial charge in [-0.3, -0.25) is 4.90 Å². The van der Waals surface area contributed by atoms with Crippen LogP contribution in [0.3, 0.4) is 0 Å². The second-order valence-electron chi connectivity index (χ2n) is 5.73. The van der Waals surface area contributed by atoms with Crippen LogP contribution in [0.1, 0.15) is 24.0 Å². The lowest BCUT2D eigenvalue weighted by Crippen LogP contribution is -2.49. The lowest BCUT2D eigenvalue weighted by atomic mass is 9.75. The molecule has 1 aliphatic carbocycles. The van der Waals surface area contributed by atoms with Gasteiger partial charge >= 0.3 is 0 Å². The van der Waals surface area contributed by atoms with Crippen molar-refractivity contribution in [3.63, 3.8) is 0 Å². The number of phenolic OH excluding ortho intramolecular Hbond substituents is 2. The first-order chi connectivity index (χ1) is 9.20. The maximum atomic E-state index is 10.0. The molecule has 3 heteroatoms. The first kappa shape index (κ1) is 12.5. The normalized spacial score (nSPS) is 26.5. The summed E-state index contributed by atoms with van der Waals surface area (Å²) in [5, 5.41) is 19.7. The molecule has 1 aromatic rings. The Bertz CT molecular complexity index is 498. The topological polar surface area (TPSA) is 43.7 Å². The molecule has 1 heterocycles. The van der Waals surface area contributed by atoms with Gasteiger partial charge < -0.3 is 10.2 Å². The van der Waals surface area contributed by atoms with E-state index in [-0.39, 0.29) is 11.5 Å². The van der Waals surface area contributed by atoms with Crippen LogP contribution in [0.5, 0.6) is 11.5 Å². The molecule has 0 aromatic heterocycles. The summed E-state index contributed by atoms with van der Waals surface area (Å²) in [6.07, 6.45) is 6.26. The minimum absolute atomic E-state index is 0.0101. The van der Waals surface area contributed by atoms with Gasteiger partial charge in [-0.05, 0) is 49.8 Å². The van der Waals surface area contributed by atoms with E-state index in [1.807, 2.05) is 12.1 Å². The van der Waals surface area contributed by atoms with Crippen molar-refractivity contribution in [3.8, 4) is 11.5 Å². The third kappa shape index (κ3) is 2.12. The third-order valence-electron chi connectivity index (χ3n) is 4.65. The molecule has 19 heavy (non-hydrogen) atoms. The van der Waals surface area contributed by atoms with Gasteiger partial charge in [0.15, 0.2) is 11.5 Å². The molecular formula is C16H21NO2. The van der Waals surface area contributed by atoms with Crippen molar-refractivity contribution in [2.24, 2.45) is 5.92 Å². The average Bonchev–Trinajstić information content (AvgIpc) is 2.42. The molecule has 0 bridgehead atoms. The summed E-state index contributed by atoms with van der Waals surface area (Å²) in [5.41, 5.74) is 2.15. The molecular weight excluding hydrogens is 238 g/mol. The van der Waals surface area contributed by atoms with Crippen LogP contribution in [-0.4, -0.2) is 34.2 Å². The van der Waals surface area contributed by atoms with Gasteiger partial charge in [0.05, 0.1) is 0 Å². The molecule has 3 nitrogen and oxygen atoms in total. The summed E-state index contributed by atoms with van der Waals surface area (Å²) in [7, 11) is 0. The van der Waals surface area contributed by atoms with E-state index in [1.165, 1.54) is 18.4 Å². The lowest BCUT2D eigenvalue weighted by molar-refractivity contribution is 0.0965. The molecule has 0 radical (unpaired) electrons. The molecule has 1 aliphatic heterocycles. The Hall–Kier alpha value is -1.48. The van der Waals surface area contributed by atoms with Crippen LogP contribution in [0.2, 0.25) is 0 Å². The van der Waals surface area contributed by atoms with Crippen molar-refractivity contribution >= 4 is 0 Å². The van der Waals surface area contributed by atoms with Gasteiger partial charge in [0, 0.05) is 18.2 Å². The predicted molar refractivity (Wildman–Crippen MR) is 75.5 cm³/mol. The highest BCUT2D eigenvalue weighted by Gasteiger charge is 2.36. The summed E-state index contributed by atoms with van der Waals surface area (Å²) in [6, 6.07) is 4.12. The Morgan fingerprint density at radius 2 is 2.16 bits per heavy atom. The monoisotopic (exact) mass is 259 g/mol. The zero-order chi connectivity index (χ0) is 13.4. The number of hydrogen-bond acceptors (Lipinski definition) is 3. The number of rotatable bonds is 2. The van der Waals surface area contributed by atoms with Crippen LogP contribution in [0.4, 0.5) is 0 Å². The number of phenols is 2. The molecule has 1 fully saturated rings. The fourth-order valence-electron chi connectivity index (χ4n) is 3.71. The van der Waals surface area contributed by atoms with E-state index in [9.17, 15) is 10.2 Å². The van der Waals surface area contributed by atoms with Crippen molar-refractivity contribution in [3.05, 3.63) is 35.9 Å². The van der Waals surface area contributed by atoms with Gasteiger partial charge in [-0.15, -0.1) is 6.58 Å². The highest BCUT2D eigenvalue weighted by Crippen LogP contribution is 2.41. The van der Waals surface area contributed by atoms with Gasteiger partial charge in [-0.2, -0.15) is 0 Å². The number of hydrogen-bond donors (Lipinski definition) is 2. The van der Waals surface area contributed by atoms with Crippen LogP contribution >= 0.6 is 0 Å². The Morgan fingerprint density at radius 3 is 2.95 bits per heavy atom. The summed E-state index contributed by atoms with van der Waals surface area (Å²) < 4.78 is 0. The van der Waals surface area contributed by atoms with E-state index >= 15 is 0 Å². The van der Waals surface area contributed by atoms with Gasteiger partial charge in [-0.1, -0.05) is 12.1 Å². The largest absolute Gasteiger partial charge is 0.504 e. The Balaban J connectivity index is 1.92. The van der Waals surface area contributed by atoms with Gasteiger partial charge in [0.25, 0.3) is 0 Å². The molecule has 0 amide bonds. The molecule has 2 aliphatic rings. The van der Waals surface area contributed by atoms with Gasteiger partial charge in [0.2, 0.25) is 0 Å². The summed E-state index contributed by atoms with van der Waals surface area (Å²) in [6.45, 7) is 5.94. The van der Waals surface area contributed by atoms with Crippen LogP contribution < -0.4 is 0 Å². The molecule has 2 N–H and O–H groups in total. The highest BCUT2D eigenvalue weighted by atomic mass is 16.3. The maximum absolute atomic E-state index is 10.0. The van der Waals surface area contributed by atoms with Gasteiger partial charge in [-0.25, -0.2) is 0 Å². The fraction of sp³-hybridized carbons (Fsp3) is 0.500. The van der Waals surface area contributed by atoms with E-state index in [0.717, 1.165) is 31.5 Å². The van der Waals surface area contributed by atoms with Crippen molar-refractivity contribution in [2.75, 3.05) is 13.1 Å². The van der Waals surface area contributed by atoms with Crippen LogP contribution in [0, 0.1) is 5.92 Å². The zero-order valence-electron chi connectivity index (χ0n) is 11.2. The Labute approximate surface area is 114 Å². The van der Waals surface area contributed by atoms with E-state index in [4.69, 9.17) is 0 Å². The second-order valence-corrected chi connectivity index (χ2v) is 5.73. The highest BCUT2D eigenvalue weighted by molar-refractivity contribution is 5.50. The number of aromatic hydroxyl groups is 2. The Morgan fingerprint density at radius 1 is 1.32 bits per heavy atom. The number of piperidine rings is 1. The molecule has 2 atom stereocenters. The lowest BCUT2D eigenvalue weighted by Gasteiger charge is -2.44. The maximum Gasteiger partial charge on any atom is 0.160 e. The van der Waals surface area contributed by atoms with E-state index in [2.05, 4.69) is 11.5 Å². The summed E-state index contributed by atoms with van der Waals surface area (Å²) in [5.74, 6) is 0.696. The standard InChI is InChI=1S/C16H21NO2/c1-2-7-17-8-3-4-12-9-13-11(10-14(12)17)5-6-15(18)16(13)19/h2,5-6,12,14,18-19H,1,3-4,7-10H2/t12-,14-/m1/s1. The minimum atomic E-state index is 0.0101. The third-order valence-corrected chi connectivity index (χ3v) is 4.65. The Kier molecular flexibility index (Phi) is 3.23. The molecule has 1 saturated heterocycles. The van der Waals surface area contributed by atoms with Crippen LogP contribution in [0.25, 0.3) is 0 Å². The predicted octanol–water partition coefficient (Wildman–Crippen LogP) is 2.46. The van der Waals surface area contributed by atoms with Gasteiger partial charge in [0.1, 0.15) is 0 Å².